The number of rotatable bonds is 6. The van der Waals surface area contributed by atoms with E-state index in [1.165, 1.54) is 27.4 Å². The van der Waals surface area contributed by atoms with E-state index in [1.807, 2.05) is 6.07 Å². The molecule has 2 amide bonds. The van der Waals surface area contributed by atoms with Crippen molar-refractivity contribution in [1.82, 2.24) is 0 Å². The molecular formula is C21H22N2O5. The van der Waals surface area contributed by atoms with Gasteiger partial charge in [0.2, 0.25) is 17.6 Å². The van der Waals surface area contributed by atoms with Gasteiger partial charge in [-0.1, -0.05) is 0 Å². The predicted molar refractivity (Wildman–Crippen MR) is 107 cm³/mol. The number of ether oxygens (including phenoxy) is 3. The second-order valence-electron chi connectivity index (χ2n) is 6.20. The molecule has 0 aliphatic carbocycles. The number of hydrogen-bond acceptors (Lipinski definition) is 5. The SMILES string of the molecule is COc1cc(/C=C/C(=O)Nc2ccc3c(c2)CCC(=O)N3)cc(OC)c1OC. The zero-order valence-corrected chi connectivity index (χ0v) is 16.0. The smallest absolute Gasteiger partial charge is 0.248 e. The van der Waals surface area contributed by atoms with Crippen molar-refractivity contribution in [2.24, 2.45) is 0 Å². The Morgan fingerprint density at radius 3 is 2.39 bits per heavy atom. The van der Waals surface area contributed by atoms with Crippen LogP contribution in [0.25, 0.3) is 6.08 Å². The molecule has 0 radical (unpaired) electrons. The molecule has 7 nitrogen and oxygen atoms in total. The number of methoxy groups -OCH3 is 3. The van der Waals surface area contributed by atoms with Crippen molar-refractivity contribution in [1.29, 1.82) is 0 Å². The lowest BCUT2D eigenvalue weighted by molar-refractivity contribution is -0.116. The minimum absolute atomic E-state index is 0.0116. The van der Waals surface area contributed by atoms with Crippen LogP contribution >= 0.6 is 0 Å². The average Bonchev–Trinajstić information content (AvgIpc) is 2.71. The van der Waals surface area contributed by atoms with E-state index in [2.05, 4.69) is 10.6 Å². The second kappa shape index (κ2) is 8.47. The van der Waals surface area contributed by atoms with Gasteiger partial charge in [0.05, 0.1) is 21.3 Å². The van der Waals surface area contributed by atoms with Gasteiger partial charge in [0, 0.05) is 23.9 Å². The van der Waals surface area contributed by atoms with Crippen LogP contribution in [0.1, 0.15) is 17.5 Å². The number of amides is 2. The molecule has 1 heterocycles. The Morgan fingerprint density at radius 1 is 1.04 bits per heavy atom. The molecule has 0 saturated heterocycles. The van der Waals surface area contributed by atoms with Crippen molar-refractivity contribution in [2.75, 3.05) is 32.0 Å². The van der Waals surface area contributed by atoms with Crippen LogP contribution in [0.4, 0.5) is 11.4 Å². The van der Waals surface area contributed by atoms with Crippen molar-refractivity contribution in [3.63, 3.8) is 0 Å². The second-order valence-corrected chi connectivity index (χ2v) is 6.20. The first-order chi connectivity index (χ1) is 13.5. The van der Waals surface area contributed by atoms with Crippen molar-refractivity contribution < 1.29 is 23.8 Å². The maximum absolute atomic E-state index is 12.3. The van der Waals surface area contributed by atoms with Crippen LogP contribution in [0, 0.1) is 0 Å². The molecule has 0 unspecified atom stereocenters. The summed E-state index contributed by atoms with van der Waals surface area (Å²) in [5.74, 6) is 1.26. The first-order valence-corrected chi connectivity index (χ1v) is 8.76. The molecule has 0 atom stereocenters. The largest absolute Gasteiger partial charge is 0.493 e. The first-order valence-electron chi connectivity index (χ1n) is 8.76. The van der Waals surface area contributed by atoms with Crippen LogP contribution in [0.15, 0.2) is 36.4 Å². The number of carbonyl (C=O) groups excluding carboxylic acids is 2. The fourth-order valence-electron chi connectivity index (χ4n) is 3.01. The van der Waals surface area contributed by atoms with Gasteiger partial charge in [-0.2, -0.15) is 0 Å². The van der Waals surface area contributed by atoms with Gasteiger partial charge in [0.25, 0.3) is 0 Å². The zero-order chi connectivity index (χ0) is 20.1. The Labute approximate surface area is 163 Å². The number of benzene rings is 2. The first kappa shape index (κ1) is 19.3. The Balaban J connectivity index is 1.73. The zero-order valence-electron chi connectivity index (χ0n) is 16.0. The summed E-state index contributed by atoms with van der Waals surface area (Å²) >= 11 is 0. The quantitative estimate of drug-likeness (QED) is 0.749. The van der Waals surface area contributed by atoms with Gasteiger partial charge >= 0.3 is 0 Å². The van der Waals surface area contributed by atoms with Crippen LogP contribution in [0.5, 0.6) is 17.2 Å². The van der Waals surface area contributed by atoms with Crippen LogP contribution < -0.4 is 24.8 Å². The molecule has 0 fully saturated rings. The molecule has 0 bridgehead atoms. The van der Waals surface area contributed by atoms with E-state index in [9.17, 15) is 9.59 Å². The maximum Gasteiger partial charge on any atom is 0.248 e. The third-order valence-electron chi connectivity index (χ3n) is 4.38. The van der Waals surface area contributed by atoms with Crippen LogP contribution in [0.2, 0.25) is 0 Å². The molecule has 3 rings (SSSR count). The highest BCUT2D eigenvalue weighted by molar-refractivity contribution is 6.02. The van der Waals surface area contributed by atoms with Gasteiger partial charge in [0.15, 0.2) is 11.5 Å². The van der Waals surface area contributed by atoms with E-state index < -0.39 is 0 Å². The molecule has 0 saturated carbocycles. The van der Waals surface area contributed by atoms with Gasteiger partial charge in [-0.25, -0.2) is 0 Å². The lowest BCUT2D eigenvalue weighted by Crippen LogP contribution is -2.19. The molecule has 7 heteroatoms. The third kappa shape index (κ3) is 4.25. The summed E-state index contributed by atoms with van der Waals surface area (Å²) in [5.41, 5.74) is 3.21. The average molecular weight is 382 g/mol. The molecule has 0 spiro atoms. The summed E-state index contributed by atoms with van der Waals surface area (Å²) in [6, 6.07) is 8.94. The van der Waals surface area contributed by atoms with Crippen LogP contribution in [-0.2, 0) is 16.0 Å². The van der Waals surface area contributed by atoms with Crippen molar-refractivity contribution >= 4 is 29.3 Å². The fraction of sp³-hybridized carbons (Fsp3) is 0.238. The van der Waals surface area contributed by atoms with E-state index in [-0.39, 0.29) is 11.8 Å². The Bertz CT molecular complexity index is 911. The molecule has 1 aliphatic heterocycles. The molecule has 146 valence electrons. The highest BCUT2D eigenvalue weighted by Crippen LogP contribution is 2.38. The molecule has 1 aliphatic rings. The standard InChI is InChI=1S/C21H22N2O5/c1-26-17-10-13(11-18(27-2)21(17)28-3)4-8-19(24)22-15-6-7-16-14(12-15)5-9-20(25)23-16/h4,6-8,10-12H,5,9H2,1-3H3,(H,22,24)(H,23,25)/b8-4+. The van der Waals surface area contributed by atoms with E-state index in [1.54, 1.807) is 30.3 Å². The Morgan fingerprint density at radius 2 is 1.75 bits per heavy atom. The lowest BCUT2D eigenvalue weighted by Gasteiger charge is -2.17. The van der Waals surface area contributed by atoms with Gasteiger partial charge in [-0.3, -0.25) is 9.59 Å². The van der Waals surface area contributed by atoms with Gasteiger partial charge < -0.3 is 24.8 Å². The maximum atomic E-state index is 12.3. The monoisotopic (exact) mass is 382 g/mol. The topological polar surface area (TPSA) is 85.9 Å². The van der Waals surface area contributed by atoms with Crippen LogP contribution in [-0.4, -0.2) is 33.1 Å². The number of carbonyl (C=O) groups is 2. The Kier molecular flexibility index (Phi) is 5.84. The number of fused-ring (bicyclic) bond motifs is 1. The highest BCUT2D eigenvalue weighted by Gasteiger charge is 2.15. The van der Waals surface area contributed by atoms with Crippen LogP contribution in [0.3, 0.4) is 0 Å². The minimum Gasteiger partial charge on any atom is -0.493 e. The van der Waals surface area contributed by atoms with Gasteiger partial charge in [0.1, 0.15) is 0 Å². The minimum atomic E-state index is -0.270. The van der Waals surface area contributed by atoms with Crippen molar-refractivity contribution in [2.45, 2.75) is 12.8 Å². The normalized spacial score (nSPS) is 12.9. The summed E-state index contributed by atoms with van der Waals surface area (Å²) < 4.78 is 15.9. The van der Waals surface area contributed by atoms with E-state index in [0.29, 0.717) is 35.8 Å². The number of aryl methyl sites for hydroxylation is 1. The van der Waals surface area contributed by atoms with E-state index >= 15 is 0 Å². The number of anilines is 2. The summed E-state index contributed by atoms with van der Waals surface area (Å²) in [6.07, 6.45) is 4.21. The third-order valence-corrected chi connectivity index (χ3v) is 4.38. The van der Waals surface area contributed by atoms with Gasteiger partial charge in [-0.15, -0.1) is 0 Å². The fourth-order valence-corrected chi connectivity index (χ4v) is 3.01. The number of hydrogen-bond donors (Lipinski definition) is 2. The van der Waals surface area contributed by atoms with Crippen molar-refractivity contribution in [3.05, 3.63) is 47.5 Å². The summed E-state index contributed by atoms with van der Waals surface area (Å²) in [4.78, 5) is 23.7. The molecule has 2 N–H and O–H groups in total. The highest BCUT2D eigenvalue weighted by atomic mass is 16.5. The molecule has 2 aromatic carbocycles. The summed E-state index contributed by atoms with van der Waals surface area (Å²) in [6.45, 7) is 0. The molecule has 2 aromatic rings. The summed E-state index contributed by atoms with van der Waals surface area (Å²) in [7, 11) is 4.61. The number of nitrogens with one attached hydrogen (secondary N) is 2. The van der Waals surface area contributed by atoms with E-state index in [0.717, 1.165) is 16.8 Å². The Hall–Kier alpha value is -3.48. The predicted octanol–water partition coefficient (Wildman–Crippen LogP) is 3.25. The lowest BCUT2D eigenvalue weighted by atomic mass is 10.0. The molecule has 0 aromatic heterocycles. The molecular weight excluding hydrogens is 360 g/mol. The summed E-state index contributed by atoms with van der Waals surface area (Å²) in [5, 5.41) is 5.65. The molecule has 28 heavy (non-hydrogen) atoms. The van der Waals surface area contributed by atoms with Gasteiger partial charge in [-0.05, 0) is 54.0 Å². The van der Waals surface area contributed by atoms with Crippen molar-refractivity contribution in [3.8, 4) is 17.2 Å². The van der Waals surface area contributed by atoms with E-state index in [4.69, 9.17) is 14.2 Å².